The molecule has 0 aromatic carbocycles. The smallest absolute Gasteiger partial charge is 0.237 e. The van der Waals surface area contributed by atoms with Gasteiger partial charge in [0.1, 0.15) is 0 Å². The Bertz CT molecular complexity index is 330. The Balaban J connectivity index is 1.69. The van der Waals surface area contributed by atoms with Crippen molar-refractivity contribution < 1.29 is 4.79 Å². The first-order chi connectivity index (χ1) is 9.52. The fraction of sp³-hybridized carbons (Fsp3) is 0.933. The number of nitrogens with zero attached hydrogens (tertiary/aromatic N) is 2. The lowest BCUT2D eigenvalue weighted by Gasteiger charge is -2.30. The van der Waals surface area contributed by atoms with E-state index in [2.05, 4.69) is 16.8 Å². The van der Waals surface area contributed by atoms with Gasteiger partial charge in [-0.25, -0.2) is 0 Å². The van der Waals surface area contributed by atoms with Gasteiger partial charge in [0.15, 0.2) is 0 Å². The van der Waals surface area contributed by atoms with E-state index in [0.717, 1.165) is 45.3 Å². The third kappa shape index (κ3) is 3.71. The Labute approximate surface area is 122 Å². The molecule has 1 heterocycles. The molecule has 2 rings (SSSR count). The number of amides is 1. The van der Waals surface area contributed by atoms with Crippen molar-refractivity contribution in [2.75, 3.05) is 39.8 Å². The van der Waals surface area contributed by atoms with Gasteiger partial charge in [0.25, 0.3) is 0 Å². The van der Waals surface area contributed by atoms with E-state index < -0.39 is 5.54 Å². The van der Waals surface area contributed by atoms with Crippen molar-refractivity contribution in [2.24, 2.45) is 17.4 Å². The first-order valence-corrected chi connectivity index (χ1v) is 8.02. The number of nitrogens with two attached hydrogens (primary N) is 2. The Morgan fingerprint density at radius 1 is 1.30 bits per heavy atom. The highest BCUT2D eigenvalue weighted by Gasteiger charge is 2.43. The molecule has 2 unspecified atom stereocenters. The molecule has 20 heavy (non-hydrogen) atoms. The van der Waals surface area contributed by atoms with E-state index in [-0.39, 0.29) is 11.8 Å². The fourth-order valence-corrected chi connectivity index (χ4v) is 3.64. The van der Waals surface area contributed by atoms with Crippen LogP contribution in [0.3, 0.4) is 0 Å². The van der Waals surface area contributed by atoms with Crippen LogP contribution in [0.4, 0.5) is 0 Å². The fourth-order valence-electron chi connectivity index (χ4n) is 3.64. The second kappa shape index (κ2) is 6.87. The van der Waals surface area contributed by atoms with Gasteiger partial charge in [-0.15, -0.1) is 0 Å². The minimum Gasteiger partial charge on any atom is -0.368 e. The van der Waals surface area contributed by atoms with E-state index in [0.29, 0.717) is 0 Å². The van der Waals surface area contributed by atoms with Gasteiger partial charge >= 0.3 is 0 Å². The standard InChI is InChI=1S/C15H30N4O/c1-18(11-12-19-8-2-3-9-19)10-6-13-5-4-7-15(13,17)14(16)20/h13H,2-12,17H2,1H3,(H2,16,20). The van der Waals surface area contributed by atoms with Crippen molar-refractivity contribution in [3.05, 3.63) is 0 Å². The summed E-state index contributed by atoms with van der Waals surface area (Å²) in [5, 5.41) is 0. The number of carbonyl (C=O) groups is 1. The summed E-state index contributed by atoms with van der Waals surface area (Å²) in [5.74, 6) is -0.0612. The van der Waals surface area contributed by atoms with Crippen LogP contribution in [-0.2, 0) is 4.79 Å². The zero-order chi connectivity index (χ0) is 14.6. The topological polar surface area (TPSA) is 75.6 Å². The van der Waals surface area contributed by atoms with Crippen molar-refractivity contribution in [1.82, 2.24) is 9.80 Å². The van der Waals surface area contributed by atoms with Gasteiger partial charge < -0.3 is 21.3 Å². The third-order valence-electron chi connectivity index (χ3n) is 5.19. The lowest BCUT2D eigenvalue weighted by molar-refractivity contribution is -0.124. The highest BCUT2D eigenvalue weighted by molar-refractivity contribution is 5.85. The zero-order valence-corrected chi connectivity index (χ0v) is 12.8. The number of likely N-dealkylation sites (N-methyl/N-ethyl adjacent to an activating group) is 1. The minimum absolute atomic E-state index is 0.259. The summed E-state index contributed by atoms with van der Waals surface area (Å²) in [5.41, 5.74) is 10.9. The van der Waals surface area contributed by atoms with Gasteiger partial charge in [0.2, 0.25) is 5.91 Å². The minimum atomic E-state index is -0.754. The number of carbonyl (C=O) groups excluding carboxylic acids is 1. The van der Waals surface area contributed by atoms with Gasteiger partial charge in [0, 0.05) is 13.1 Å². The molecular formula is C15H30N4O. The average Bonchev–Trinajstić information content (AvgIpc) is 3.04. The van der Waals surface area contributed by atoms with Crippen molar-refractivity contribution in [1.29, 1.82) is 0 Å². The van der Waals surface area contributed by atoms with E-state index in [9.17, 15) is 4.79 Å². The normalized spacial score (nSPS) is 31.2. The van der Waals surface area contributed by atoms with Crippen LogP contribution in [0.5, 0.6) is 0 Å². The highest BCUT2D eigenvalue weighted by Crippen LogP contribution is 2.35. The Hall–Kier alpha value is -0.650. The number of hydrogen-bond donors (Lipinski definition) is 2. The maximum atomic E-state index is 11.6. The van der Waals surface area contributed by atoms with Crippen LogP contribution < -0.4 is 11.5 Å². The molecule has 0 spiro atoms. The maximum Gasteiger partial charge on any atom is 0.237 e. The molecule has 0 aromatic rings. The summed E-state index contributed by atoms with van der Waals surface area (Å²) in [6.45, 7) is 5.77. The summed E-state index contributed by atoms with van der Waals surface area (Å²) in [7, 11) is 2.16. The Kier molecular flexibility index (Phi) is 5.41. The van der Waals surface area contributed by atoms with Crippen LogP contribution in [0.2, 0.25) is 0 Å². The summed E-state index contributed by atoms with van der Waals surface area (Å²) >= 11 is 0. The molecule has 0 radical (unpaired) electrons. The van der Waals surface area contributed by atoms with E-state index in [1.807, 2.05) is 0 Å². The Morgan fingerprint density at radius 3 is 2.65 bits per heavy atom. The van der Waals surface area contributed by atoms with Crippen LogP contribution in [0, 0.1) is 5.92 Å². The molecule has 2 atom stereocenters. The molecule has 5 nitrogen and oxygen atoms in total. The molecule has 1 saturated carbocycles. The number of hydrogen-bond acceptors (Lipinski definition) is 4. The first-order valence-electron chi connectivity index (χ1n) is 8.02. The Morgan fingerprint density at radius 2 is 2.00 bits per heavy atom. The maximum absolute atomic E-state index is 11.6. The first kappa shape index (κ1) is 15.7. The summed E-state index contributed by atoms with van der Waals surface area (Å²) in [6, 6.07) is 0. The summed E-state index contributed by atoms with van der Waals surface area (Å²) < 4.78 is 0. The van der Waals surface area contributed by atoms with Crippen molar-refractivity contribution >= 4 is 5.91 Å². The van der Waals surface area contributed by atoms with Crippen molar-refractivity contribution in [3.63, 3.8) is 0 Å². The van der Waals surface area contributed by atoms with Crippen LogP contribution in [0.25, 0.3) is 0 Å². The van der Waals surface area contributed by atoms with Gasteiger partial charge in [-0.1, -0.05) is 6.42 Å². The molecule has 1 aliphatic carbocycles. The molecule has 4 N–H and O–H groups in total. The quantitative estimate of drug-likeness (QED) is 0.708. The summed E-state index contributed by atoms with van der Waals surface area (Å²) in [4.78, 5) is 16.4. The van der Waals surface area contributed by atoms with Crippen molar-refractivity contribution in [2.45, 2.75) is 44.1 Å². The molecule has 0 bridgehead atoms. The number of primary amides is 1. The number of rotatable bonds is 7. The van der Waals surface area contributed by atoms with Crippen LogP contribution in [-0.4, -0.2) is 61.0 Å². The third-order valence-corrected chi connectivity index (χ3v) is 5.19. The SMILES string of the molecule is CN(CCC1CCCC1(N)C(N)=O)CCN1CCCC1. The summed E-state index contributed by atoms with van der Waals surface area (Å²) in [6.07, 6.45) is 6.50. The predicted octanol–water partition coefficient (Wildman–Crippen LogP) is 0.387. The molecule has 0 aromatic heterocycles. The van der Waals surface area contributed by atoms with E-state index in [4.69, 9.17) is 11.5 Å². The molecular weight excluding hydrogens is 252 g/mol. The monoisotopic (exact) mass is 282 g/mol. The van der Waals surface area contributed by atoms with Gasteiger partial charge in [-0.2, -0.15) is 0 Å². The van der Waals surface area contributed by atoms with Gasteiger partial charge in [-0.05, 0) is 64.7 Å². The lowest BCUT2D eigenvalue weighted by atomic mass is 9.85. The van der Waals surface area contributed by atoms with E-state index in [1.54, 1.807) is 0 Å². The molecule has 1 aliphatic heterocycles. The zero-order valence-electron chi connectivity index (χ0n) is 12.8. The molecule has 5 heteroatoms. The lowest BCUT2D eigenvalue weighted by Crippen LogP contribution is -2.55. The number of likely N-dealkylation sites (tertiary alicyclic amines) is 1. The van der Waals surface area contributed by atoms with Crippen LogP contribution in [0.1, 0.15) is 38.5 Å². The molecule has 1 saturated heterocycles. The van der Waals surface area contributed by atoms with Gasteiger partial charge in [0.05, 0.1) is 5.54 Å². The average molecular weight is 282 g/mol. The molecule has 1 amide bonds. The van der Waals surface area contributed by atoms with Crippen LogP contribution in [0.15, 0.2) is 0 Å². The predicted molar refractivity (Wildman–Crippen MR) is 81.2 cm³/mol. The van der Waals surface area contributed by atoms with Gasteiger partial charge in [-0.3, -0.25) is 4.79 Å². The molecule has 2 aliphatic rings. The van der Waals surface area contributed by atoms with Crippen LogP contribution >= 0.6 is 0 Å². The molecule has 116 valence electrons. The molecule has 2 fully saturated rings. The second-order valence-corrected chi connectivity index (χ2v) is 6.63. The van der Waals surface area contributed by atoms with E-state index >= 15 is 0 Å². The largest absolute Gasteiger partial charge is 0.368 e. The van der Waals surface area contributed by atoms with E-state index in [1.165, 1.54) is 25.9 Å². The highest BCUT2D eigenvalue weighted by atomic mass is 16.1. The van der Waals surface area contributed by atoms with Crippen molar-refractivity contribution in [3.8, 4) is 0 Å². The second-order valence-electron chi connectivity index (χ2n) is 6.63.